The van der Waals surface area contributed by atoms with Gasteiger partial charge in [-0.05, 0) is 18.1 Å². The lowest BCUT2D eigenvalue weighted by Gasteiger charge is -2.25. The van der Waals surface area contributed by atoms with Crippen molar-refractivity contribution in [3.63, 3.8) is 0 Å². The molecule has 0 amide bonds. The Kier molecular flexibility index (Phi) is 2.81. The third kappa shape index (κ3) is 2.42. The average Bonchev–Trinajstić information content (AvgIpc) is 2.74. The van der Waals surface area contributed by atoms with Crippen LogP contribution in [0.5, 0.6) is 0 Å². The summed E-state index contributed by atoms with van der Waals surface area (Å²) in [5, 5.41) is 9.85. The molecule has 0 aromatic rings. The number of hydrogen-bond acceptors (Lipinski definition) is 3. The van der Waals surface area contributed by atoms with Gasteiger partial charge >= 0.3 is 5.97 Å². The molecule has 1 fully saturated rings. The molecule has 0 saturated heterocycles. The topological polar surface area (TPSA) is 46.5 Å². The van der Waals surface area contributed by atoms with Gasteiger partial charge in [-0.15, -0.1) is 23.2 Å². The second-order valence-electron chi connectivity index (χ2n) is 4.20. The van der Waals surface area contributed by atoms with Crippen LogP contribution in [0.3, 0.4) is 0 Å². The highest BCUT2D eigenvalue weighted by atomic mass is 35.5. The minimum absolute atomic E-state index is 0.119. The smallest absolute Gasteiger partial charge is 0.305 e. The number of allylic oxidation sites excluding steroid dienone is 2. The Morgan fingerprint density at radius 1 is 1.62 bits per heavy atom. The molecule has 0 unspecified atom stereocenters. The number of alkyl halides is 2. The van der Waals surface area contributed by atoms with Gasteiger partial charge in [0.05, 0.1) is 0 Å². The Bertz CT molecular complexity index is 387. The number of hydrogen-bond donors (Lipinski definition) is 1. The van der Waals surface area contributed by atoms with Crippen molar-refractivity contribution >= 4 is 29.2 Å². The van der Waals surface area contributed by atoms with E-state index in [2.05, 4.69) is 0 Å². The lowest BCUT2D eigenvalue weighted by Crippen LogP contribution is -2.32. The Hall–Kier alpha value is -0.510. The third-order valence-electron chi connectivity index (χ3n) is 2.72. The molecule has 0 heterocycles. The number of aliphatic hydroxyl groups is 1. The maximum absolute atomic E-state index is 10.8. The average molecular weight is 263 g/mol. The highest BCUT2D eigenvalue weighted by molar-refractivity contribution is 6.51. The van der Waals surface area contributed by atoms with Crippen molar-refractivity contribution in [3.05, 3.63) is 23.8 Å². The number of carbonyl (C=O) groups is 1. The van der Waals surface area contributed by atoms with E-state index in [1.807, 2.05) is 0 Å². The summed E-state index contributed by atoms with van der Waals surface area (Å²) in [6.07, 6.45) is 5.94. The van der Waals surface area contributed by atoms with Crippen molar-refractivity contribution in [1.82, 2.24) is 0 Å². The molecule has 2 aliphatic carbocycles. The molecule has 0 radical (unpaired) electrons. The van der Waals surface area contributed by atoms with Crippen molar-refractivity contribution in [2.45, 2.75) is 29.9 Å². The van der Waals surface area contributed by atoms with Gasteiger partial charge in [-0.1, -0.05) is 12.2 Å². The molecular formula is C11H12Cl2O3. The molecule has 3 nitrogen and oxygen atoms in total. The monoisotopic (exact) mass is 262 g/mol. The second-order valence-corrected chi connectivity index (χ2v) is 5.74. The number of esters is 1. The molecule has 2 atom stereocenters. The van der Waals surface area contributed by atoms with E-state index in [9.17, 15) is 9.90 Å². The molecule has 0 aromatic heterocycles. The Labute approximate surface area is 104 Å². The van der Waals surface area contributed by atoms with Crippen LogP contribution in [-0.2, 0) is 9.53 Å². The van der Waals surface area contributed by atoms with Gasteiger partial charge in [0.1, 0.15) is 4.33 Å². The number of halogens is 2. The van der Waals surface area contributed by atoms with Gasteiger partial charge in [-0.3, -0.25) is 4.79 Å². The largest absolute Gasteiger partial charge is 0.429 e. The van der Waals surface area contributed by atoms with E-state index in [0.29, 0.717) is 0 Å². The molecule has 88 valence electrons. The minimum atomic E-state index is -1.52. The lowest BCUT2D eigenvalue weighted by molar-refractivity contribution is -0.187. The highest BCUT2D eigenvalue weighted by Crippen LogP contribution is 2.57. The van der Waals surface area contributed by atoms with Crippen molar-refractivity contribution < 1.29 is 14.6 Å². The summed E-state index contributed by atoms with van der Waals surface area (Å²) >= 11 is 11.9. The molecule has 0 aromatic carbocycles. The van der Waals surface area contributed by atoms with Crippen LogP contribution in [0.1, 0.15) is 19.8 Å². The van der Waals surface area contributed by atoms with Gasteiger partial charge < -0.3 is 9.84 Å². The van der Waals surface area contributed by atoms with Crippen LogP contribution in [0.4, 0.5) is 0 Å². The summed E-state index contributed by atoms with van der Waals surface area (Å²) in [6, 6.07) is 0. The first kappa shape index (κ1) is 12.0. The molecule has 16 heavy (non-hydrogen) atoms. The lowest BCUT2D eigenvalue weighted by atomic mass is 9.99. The fourth-order valence-electron chi connectivity index (χ4n) is 1.78. The number of rotatable bonds is 2. The fraction of sp³-hybridized carbons (Fsp3) is 0.545. The summed E-state index contributed by atoms with van der Waals surface area (Å²) < 4.78 is 4.12. The van der Waals surface area contributed by atoms with Crippen LogP contribution in [0.25, 0.3) is 0 Å². The van der Waals surface area contributed by atoms with Gasteiger partial charge in [0.2, 0.25) is 5.79 Å². The van der Waals surface area contributed by atoms with Crippen molar-refractivity contribution in [2.75, 3.05) is 0 Å². The first-order chi connectivity index (χ1) is 7.32. The quantitative estimate of drug-likeness (QED) is 0.472. The molecule has 1 N–H and O–H groups in total. The summed E-state index contributed by atoms with van der Waals surface area (Å²) in [5.74, 6) is -1.92. The zero-order valence-electron chi connectivity index (χ0n) is 8.74. The zero-order valence-corrected chi connectivity index (χ0v) is 10.3. The molecule has 2 aliphatic rings. The van der Waals surface area contributed by atoms with Crippen LogP contribution in [0.2, 0.25) is 0 Å². The summed E-state index contributed by atoms with van der Waals surface area (Å²) in [6.45, 7) is 1.26. The van der Waals surface area contributed by atoms with E-state index in [1.165, 1.54) is 13.0 Å². The van der Waals surface area contributed by atoms with Crippen molar-refractivity contribution in [1.29, 1.82) is 0 Å². The molecule has 5 heteroatoms. The number of ether oxygens (including phenoxy) is 1. The maximum atomic E-state index is 10.8. The number of carbonyl (C=O) groups excluding carboxylic acids is 1. The van der Waals surface area contributed by atoms with Crippen LogP contribution in [0, 0.1) is 5.92 Å². The van der Waals surface area contributed by atoms with Gasteiger partial charge in [0.25, 0.3) is 0 Å². The fourth-order valence-corrected chi connectivity index (χ4v) is 2.35. The van der Waals surface area contributed by atoms with E-state index in [0.717, 1.165) is 12.0 Å². The van der Waals surface area contributed by atoms with Gasteiger partial charge in [-0.25, -0.2) is 0 Å². The standard InChI is InChI=1S/C11H12Cl2O3/c1-7(14)16-10(15)4-2-8(3-5-10)9-6-11(9,12)13/h2-4,9,15H,5-6H2,1H3/t9-,10+/m1/s1. The van der Waals surface area contributed by atoms with Crippen LogP contribution < -0.4 is 0 Å². The Morgan fingerprint density at radius 2 is 2.25 bits per heavy atom. The van der Waals surface area contributed by atoms with Crippen molar-refractivity contribution in [2.24, 2.45) is 5.92 Å². The van der Waals surface area contributed by atoms with Gasteiger partial charge in [-0.2, -0.15) is 0 Å². The van der Waals surface area contributed by atoms with E-state index in [4.69, 9.17) is 27.9 Å². The summed E-state index contributed by atoms with van der Waals surface area (Å²) in [7, 11) is 0. The Balaban J connectivity index is 2.01. The first-order valence-electron chi connectivity index (χ1n) is 5.01. The van der Waals surface area contributed by atoms with E-state index in [-0.39, 0.29) is 12.3 Å². The van der Waals surface area contributed by atoms with Gasteiger partial charge in [0.15, 0.2) is 0 Å². The normalized spacial score (nSPS) is 35.5. The van der Waals surface area contributed by atoms with Crippen molar-refractivity contribution in [3.8, 4) is 0 Å². The predicted molar refractivity (Wildman–Crippen MR) is 61.1 cm³/mol. The SMILES string of the molecule is CC(=O)O[C@@]1(O)C=CC([C@H]2CC2(Cl)Cl)=CC1. The highest BCUT2D eigenvalue weighted by Gasteiger charge is 2.53. The zero-order chi connectivity index (χ0) is 12.0. The second kappa shape index (κ2) is 3.76. The van der Waals surface area contributed by atoms with E-state index >= 15 is 0 Å². The summed E-state index contributed by atoms with van der Waals surface area (Å²) in [5.41, 5.74) is 0.988. The first-order valence-corrected chi connectivity index (χ1v) is 5.77. The third-order valence-corrected chi connectivity index (χ3v) is 3.55. The molecule has 0 aliphatic heterocycles. The van der Waals surface area contributed by atoms with E-state index < -0.39 is 16.1 Å². The maximum Gasteiger partial charge on any atom is 0.305 e. The minimum Gasteiger partial charge on any atom is -0.429 e. The summed E-state index contributed by atoms with van der Waals surface area (Å²) in [4.78, 5) is 10.8. The van der Waals surface area contributed by atoms with Crippen LogP contribution in [0.15, 0.2) is 23.8 Å². The molecule has 2 rings (SSSR count). The molecule has 0 spiro atoms. The molecule has 0 bridgehead atoms. The van der Waals surface area contributed by atoms with Crippen LogP contribution in [-0.4, -0.2) is 21.2 Å². The van der Waals surface area contributed by atoms with E-state index in [1.54, 1.807) is 12.2 Å². The molecule has 1 saturated carbocycles. The molecular weight excluding hydrogens is 251 g/mol. The van der Waals surface area contributed by atoms with Crippen LogP contribution >= 0.6 is 23.2 Å². The predicted octanol–water partition coefficient (Wildman–Crippen LogP) is 2.32. The Morgan fingerprint density at radius 3 is 2.62 bits per heavy atom. The van der Waals surface area contributed by atoms with Gasteiger partial charge in [0, 0.05) is 19.3 Å².